The largest absolute Gasteiger partial charge is 0.480 e. The highest BCUT2D eigenvalue weighted by atomic mass is 16.4. The second-order valence-electron chi connectivity index (χ2n) is 5.53. The molecule has 1 fully saturated rings. The van der Waals surface area contributed by atoms with Crippen LogP contribution in [0.4, 0.5) is 4.79 Å². The molecule has 0 aliphatic heterocycles. The Morgan fingerprint density at radius 1 is 1.26 bits per heavy atom. The van der Waals surface area contributed by atoms with E-state index < -0.39 is 5.97 Å². The number of nitrogens with one attached hydrogen (secondary N) is 1. The molecule has 0 heterocycles. The average Bonchev–Trinajstić information content (AvgIpc) is 2.84. The van der Waals surface area contributed by atoms with Crippen LogP contribution in [0.3, 0.4) is 0 Å². The van der Waals surface area contributed by atoms with E-state index in [-0.39, 0.29) is 18.0 Å². The van der Waals surface area contributed by atoms with Gasteiger partial charge >= 0.3 is 12.0 Å². The van der Waals surface area contributed by atoms with Crippen LogP contribution in [0.15, 0.2) is 0 Å². The fraction of sp³-hybridized carbons (Fsp3) is 0.857. The zero-order chi connectivity index (χ0) is 14.3. The van der Waals surface area contributed by atoms with Crippen molar-refractivity contribution in [1.82, 2.24) is 10.2 Å². The van der Waals surface area contributed by atoms with Gasteiger partial charge in [0.15, 0.2) is 0 Å². The van der Waals surface area contributed by atoms with Gasteiger partial charge in [0.2, 0.25) is 0 Å². The minimum atomic E-state index is -0.963. The van der Waals surface area contributed by atoms with Crippen LogP contribution < -0.4 is 5.32 Å². The van der Waals surface area contributed by atoms with Crippen molar-refractivity contribution in [3.05, 3.63) is 0 Å². The maximum Gasteiger partial charge on any atom is 0.323 e. The SMILES string of the molecule is CCCN(CC(=O)O)C(=O)NCC1(CC)CCCC1. The highest BCUT2D eigenvalue weighted by Crippen LogP contribution is 2.40. The molecule has 0 aromatic rings. The van der Waals surface area contributed by atoms with Crippen molar-refractivity contribution in [1.29, 1.82) is 0 Å². The van der Waals surface area contributed by atoms with Crippen LogP contribution in [0.5, 0.6) is 0 Å². The van der Waals surface area contributed by atoms with E-state index in [2.05, 4.69) is 12.2 Å². The normalized spacial score (nSPS) is 17.2. The van der Waals surface area contributed by atoms with Gasteiger partial charge < -0.3 is 15.3 Å². The Kier molecular flexibility index (Phi) is 6.12. The summed E-state index contributed by atoms with van der Waals surface area (Å²) in [5, 5.41) is 11.7. The lowest BCUT2D eigenvalue weighted by Crippen LogP contribution is -2.46. The number of hydrogen-bond acceptors (Lipinski definition) is 2. The predicted molar refractivity (Wildman–Crippen MR) is 74.1 cm³/mol. The second kappa shape index (κ2) is 7.36. The lowest BCUT2D eigenvalue weighted by molar-refractivity contribution is -0.137. The van der Waals surface area contributed by atoms with Gasteiger partial charge in [0.25, 0.3) is 0 Å². The smallest absolute Gasteiger partial charge is 0.323 e. The summed E-state index contributed by atoms with van der Waals surface area (Å²) in [6.45, 7) is 5.03. The number of carbonyl (C=O) groups excluding carboxylic acids is 1. The number of carboxylic acid groups (broad SMARTS) is 1. The molecule has 2 amide bonds. The summed E-state index contributed by atoms with van der Waals surface area (Å²) < 4.78 is 0. The Balaban J connectivity index is 2.49. The predicted octanol–water partition coefficient (Wildman–Crippen LogP) is 2.46. The van der Waals surface area contributed by atoms with Crippen molar-refractivity contribution in [3.8, 4) is 0 Å². The first-order valence-electron chi connectivity index (χ1n) is 7.27. The first-order valence-corrected chi connectivity index (χ1v) is 7.27. The fourth-order valence-corrected chi connectivity index (χ4v) is 2.84. The summed E-state index contributed by atoms with van der Waals surface area (Å²) in [5.41, 5.74) is 0.233. The summed E-state index contributed by atoms with van der Waals surface area (Å²) >= 11 is 0. The van der Waals surface area contributed by atoms with Gasteiger partial charge in [-0.15, -0.1) is 0 Å². The quantitative estimate of drug-likeness (QED) is 0.746. The number of aliphatic carboxylic acids is 1. The molecule has 1 aliphatic rings. The molecule has 2 N–H and O–H groups in total. The molecular weight excluding hydrogens is 244 g/mol. The van der Waals surface area contributed by atoms with Gasteiger partial charge in [-0.2, -0.15) is 0 Å². The Morgan fingerprint density at radius 2 is 1.89 bits per heavy atom. The molecule has 5 nitrogen and oxygen atoms in total. The first kappa shape index (κ1) is 15.8. The third kappa shape index (κ3) is 4.73. The highest BCUT2D eigenvalue weighted by Gasteiger charge is 2.32. The number of nitrogens with zero attached hydrogens (tertiary/aromatic N) is 1. The van der Waals surface area contributed by atoms with E-state index in [0.29, 0.717) is 13.1 Å². The topological polar surface area (TPSA) is 69.6 Å². The monoisotopic (exact) mass is 270 g/mol. The molecule has 0 atom stereocenters. The molecule has 0 bridgehead atoms. The number of rotatable bonds is 7. The highest BCUT2D eigenvalue weighted by molar-refractivity contribution is 5.80. The molecule has 5 heteroatoms. The van der Waals surface area contributed by atoms with E-state index in [4.69, 9.17) is 5.11 Å². The van der Waals surface area contributed by atoms with Gasteiger partial charge in [0.05, 0.1) is 0 Å². The van der Waals surface area contributed by atoms with Gasteiger partial charge in [-0.25, -0.2) is 4.79 Å². The van der Waals surface area contributed by atoms with E-state index >= 15 is 0 Å². The molecule has 0 aromatic heterocycles. The summed E-state index contributed by atoms with van der Waals surface area (Å²) in [4.78, 5) is 24.2. The maximum absolute atomic E-state index is 12.0. The molecular formula is C14H26N2O3. The zero-order valence-electron chi connectivity index (χ0n) is 12.1. The Bertz CT molecular complexity index is 312. The van der Waals surface area contributed by atoms with E-state index in [1.807, 2.05) is 6.92 Å². The fourth-order valence-electron chi connectivity index (χ4n) is 2.84. The second-order valence-corrected chi connectivity index (χ2v) is 5.53. The van der Waals surface area contributed by atoms with Gasteiger partial charge in [0, 0.05) is 13.1 Å². The van der Waals surface area contributed by atoms with Gasteiger partial charge in [-0.05, 0) is 31.1 Å². The standard InChI is InChI=1S/C14H26N2O3/c1-3-9-16(10-12(17)18)13(19)15-11-14(4-2)7-5-6-8-14/h3-11H2,1-2H3,(H,15,19)(H,17,18). The van der Waals surface area contributed by atoms with E-state index in [1.54, 1.807) is 0 Å². The number of urea groups is 1. The van der Waals surface area contributed by atoms with Crippen LogP contribution in [0.2, 0.25) is 0 Å². The summed E-state index contributed by atoms with van der Waals surface area (Å²) in [7, 11) is 0. The Labute approximate surface area is 115 Å². The van der Waals surface area contributed by atoms with Crippen LogP contribution in [0.25, 0.3) is 0 Å². The van der Waals surface area contributed by atoms with Crippen LogP contribution in [-0.2, 0) is 4.79 Å². The minimum absolute atomic E-state index is 0.223. The molecule has 1 rings (SSSR count). The number of carboxylic acids is 1. The van der Waals surface area contributed by atoms with Crippen molar-refractivity contribution in [2.75, 3.05) is 19.6 Å². The van der Waals surface area contributed by atoms with Gasteiger partial charge in [-0.1, -0.05) is 26.7 Å². The third-order valence-corrected chi connectivity index (χ3v) is 4.14. The van der Waals surface area contributed by atoms with Gasteiger partial charge in [-0.3, -0.25) is 4.79 Å². The van der Waals surface area contributed by atoms with E-state index in [1.165, 1.54) is 17.7 Å². The van der Waals surface area contributed by atoms with Crippen molar-refractivity contribution >= 4 is 12.0 Å². The van der Waals surface area contributed by atoms with Crippen molar-refractivity contribution < 1.29 is 14.7 Å². The molecule has 1 aliphatic carbocycles. The van der Waals surface area contributed by atoms with Crippen LogP contribution >= 0.6 is 0 Å². The molecule has 0 saturated heterocycles. The van der Waals surface area contributed by atoms with Crippen LogP contribution in [0.1, 0.15) is 52.4 Å². The molecule has 1 saturated carbocycles. The Hall–Kier alpha value is -1.26. The maximum atomic E-state index is 12.0. The lowest BCUT2D eigenvalue weighted by atomic mass is 9.83. The van der Waals surface area contributed by atoms with E-state index in [9.17, 15) is 9.59 Å². The minimum Gasteiger partial charge on any atom is -0.480 e. The lowest BCUT2D eigenvalue weighted by Gasteiger charge is -2.29. The molecule has 0 unspecified atom stereocenters. The summed E-state index contributed by atoms with van der Waals surface area (Å²) in [6.07, 6.45) is 6.63. The molecule has 0 aromatic carbocycles. The van der Waals surface area contributed by atoms with Crippen molar-refractivity contribution in [2.45, 2.75) is 52.4 Å². The summed E-state index contributed by atoms with van der Waals surface area (Å²) in [6, 6.07) is -0.246. The number of hydrogen-bond donors (Lipinski definition) is 2. The van der Waals surface area contributed by atoms with E-state index in [0.717, 1.165) is 25.7 Å². The summed E-state index contributed by atoms with van der Waals surface area (Å²) in [5.74, 6) is -0.963. The third-order valence-electron chi connectivity index (χ3n) is 4.14. The molecule has 19 heavy (non-hydrogen) atoms. The molecule has 0 radical (unpaired) electrons. The first-order chi connectivity index (χ1) is 9.03. The van der Waals surface area contributed by atoms with Crippen molar-refractivity contribution in [2.24, 2.45) is 5.41 Å². The zero-order valence-corrected chi connectivity index (χ0v) is 12.1. The Morgan fingerprint density at radius 3 is 2.37 bits per heavy atom. The van der Waals surface area contributed by atoms with Crippen molar-refractivity contribution in [3.63, 3.8) is 0 Å². The van der Waals surface area contributed by atoms with Crippen LogP contribution in [-0.4, -0.2) is 41.6 Å². The van der Waals surface area contributed by atoms with Crippen LogP contribution in [0, 0.1) is 5.41 Å². The number of amides is 2. The average molecular weight is 270 g/mol. The van der Waals surface area contributed by atoms with Gasteiger partial charge in [0.1, 0.15) is 6.54 Å². The molecule has 110 valence electrons. The number of carbonyl (C=O) groups is 2. The molecule has 0 spiro atoms.